The molecule has 0 amide bonds. The lowest BCUT2D eigenvalue weighted by atomic mass is 10.0. The predicted octanol–water partition coefficient (Wildman–Crippen LogP) is 3.32. The van der Waals surface area contributed by atoms with E-state index in [9.17, 15) is 0 Å². The molecule has 1 aromatic rings. The van der Waals surface area contributed by atoms with Crippen molar-refractivity contribution in [1.82, 2.24) is 0 Å². The van der Waals surface area contributed by atoms with E-state index in [2.05, 4.69) is 50.4 Å². The van der Waals surface area contributed by atoms with E-state index in [1.54, 1.807) is 0 Å². The quantitative estimate of drug-likeness (QED) is 0.744. The van der Waals surface area contributed by atoms with Gasteiger partial charge in [-0.3, -0.25) is 0 Å². The number of hydrogen-bond acceptors (Lipinski definition) is 1. The van der Waals surface area contributed by atoms with E-state index in [0.717, 1.165) is 12.5 Å². The van der Waals surface area contributed by atoms with Crippen LogP contribution >= 0.6 is 0 Å². The Morgan fingerprint density at radius 3 is 2.69 bits per heavy atom. The minimum atomic E-state index is 0.733. The molecule has 1 nitrogen and oxygen atoms in total. The van der Waals surface area contributed by atoms with Crippen molar-refractivity contribution in [1.29, 1.82) is 0 Å². The molecule has 0 aliphatic carbocycles. The number of anilines is 1. The molecule has 0 aliphatic heterocycles. The van der Waals surface area contributed by atoms with Gasteiger partial charge in [-0.05, 0) is 37.0 Å². The molecule has 1 aromatic carbocycles. The molecule has 0 unspecified atom stereocenters. The third-order valence-electron chi connectivity index (χ3n) is 1.95. The number of rotatable bonds is 4. The maximum atomic E-state index is 3.32. The van der Waals surface area contributed by atoms with Crippen LogP contribution in [0.15, 0.2) is 24.3 Å². The summed E-state index contributed by atoms with van der Waals surface area (Å²) >= 11 is 0. The Kier molecular flexibility index (Phi) is 3.81. The molecule has 72 valence electrons. The zero-order valence-corrected chi connectivity index (χ0v) is 8.80. The first-order valence-electron chi connectivity index (χ1n) is 5.05. The standard InChI is InChI=1S/C12H19N/c1-4-13-12-7-5-6-11(9-12)8-10(2)3/h5-7,9-10,13H,4,8H2,1-3H3. The van der Waals surface area contributed by atoms with Crippen molar-refractivity contribution < 1.29 is 0 Å². The van der Waals surface area contributed by atoms with E-state index < -0.39 is 0 Å². The maximum Gasteiger partial charge on any atom is 0.0342 e. The van der Waals surface area contributed by atoms with Gasteiger partial charge in [-0.2, -0.15) is 0 Å². The molecule has 1 N–H and O–H groups in total. The van der Waals surface area contributed by atoms with Gasteiger partial charge in [0, 0.05) is 12.2 Å². The third-order valence-corrected chi connectivity index (χ3v) is 1.95. The van der Waals surface area contributed by atoms with Crippen LogP contribution in [0.5, 0.6) is 0 Å². The largest absolute Gasteiger partial charge is 0.385 e. The average molecular weight is 177 g/mol. The van der Waals surface area contributed by atoms with Crippen LogP contribution in [0.2, 0.25) is 0 Å². The van der Waals surface area contributed by atoms with Gasteiger partial charge in [-0.25, -0.2) is 0 Å². The fourth-order valence-corrected chi connectivity index (χ4v) is 1.48. The monoisotopic (exact) mass is 177 g/mol. The molecular weight excluding hydrogens is 158 g/mol. The Morgan fingerprint density at radius 2 is 2.08 bits per heavy atom. The van der Waals surface area contributed by atoms with Crippen LogP contribution < -0.4 is 5.32 Å². The highest BCUT2D eigenvalue weighted by Gasteiger charge is 1.98. The molecule has 0 heterocycles. The van der Waals surface area contributed by atoms with Crippen LogP contribution in [0.1, 0.15) is 26.3 Å². The summed E-state index contributed by atoms with van der Waals surface area (Å²) in [4.78, 5) is 0. The second-order valence-electron chi connectivity index (χ2n) is 3.83. The summed E-state index contributed by atoms with van der Waals surface area (Å²) in [7, 11) is 0. The summed E-state index contributed by atoms with van der Waals surface area (Å²) < 4.78 is 0. The van der Waals surface area contributed by atoms with Crippen LogP contribution in [0, 0.1) is 5.92 Å². The van der Waals surface area contributed by atoms with Gasteiger partial charge >= 0.3 is 0 Å². The van der Waals surface area contributed by atoms with Crippen LogP contribution in [0.3, 0.4) is 0 Å². The lowest BCUT2D eigenvalue weighted by Crippen LogP contribution is -1.98. The van der Waals surface area contributed by atoms with E-state index >= 15 is 0 Å². The Bertz CT molecular complexity index is 253. The molecule has 13 heavy (non-hydrogen) atoms. The fourth-order valence-electron chi connectivity index (χ4n) is 1.48. The van der Waals surface area contributed by atoms with E-state index in [-0.39, 0.29) is 0 Å². The molecule has 0 aromatic heterocycles. The predicted molar refractivity (Wildman–Crippen MR) is 59.1 cm³/mol. The van der Waals surface area contributed by atoms with E-state index in [1.807, 2.05) is 0 Å². The SMILES string of the molecule is CCNc1cccc(CC(C)C)c1. The van der Waals surface area contributed by atoms with Gasteiger partial charge in [0.25, 0.3) is 0 Å². The Hall–Kier alpha value is -0.980. The van der Waals surface area contributed by atoms with Crippen molar-refractivity contribution in [2.75, 3.05) is 11.9 Å². The molecule has 0 saturated heterocycles. The molecule has 0 aliphatic rings. The van der Waals surface area contributed by atoms with Gasteiger partial charge in [0.1, 0.15) is 0 Å². The van der Waals surface area contributed by atoms with Crippen LogP contribution in [-0.4, -0.2) is 6.54 Å². The van der Waals surface area contributed by atoms with Crippen molar-refractivity contribution >= 4 is 5.69 Å². The molecular formula is C12H19N. The van der Waals surface area contributed by atoms with Gasteiger partial charge in [0.05, 0.1) is 0 Å². The summed E-state index contributed by atoms with van der Waals surface area (Å²) in [6, 6.07) is 8.67. The summed E-state index contributed by atoms with van der Waals surface area (Å²) in [5.74, 6) is 0.733. The molecule has 1 rings (SSSR count). The van der Waals surface area contributed by atoms with E-state index in [1.165, 1.54) is 17.7 Å². The lowest BCUT2D eigenvalue weighted by molar-refractivity contribution is 0.647. The van der Waals surface area contributed by atoms with Crippen molar-refractivity contribution in [2.24, 2.45) is 5.92 Å². The second-order valence-corrected chi connectivity index (χ2v) is 3.83. The van der Waals surface area contributed by atoms with Gasteiger partial charge in [-0.1, -0.05) is 26.0 Å². The van der Waals surface area contributed by atoms with Crippen LogP contribution in [0.4, 0.5) is 5.69 Å². The fraction of sp³-hybridized carbons (Fsp3) is 0.500. The van der Waals surface area contributed by atoms with Crippen molar-refractivity contribution in [3.05, 3.63) is 29.8 Å². The van der Waals surface area contributed by atoms with E-state index in [4.69, 9.17) is 0 Å². The highest BCUT2D eigenvalue weighted by atomic mass is 14.8. The lowest BCUT2D eigenvalue weighted by Gasteiger charge is -2.08. The summed E-state index contributed by atoms with van der Waals surface area (Å²) in [5, 5.41) is 3.32. The first-order valence-corrected chi connectivity index (χ1v) is 5.05. The minimum absolute atomic E-state index is 0.733. The highest BCUT2D eigenvalue weighted by Crippen LogP contribution is 2.13. The van der Waals surface area contributed by atoms with Gasteiger partial charge in [0.2, 0.25) is 0 Å². The zero-order chi connectivity index (χ0) is 9.68. The smallest absolute Gasteiger partial charge is 0.0342 e. The molecule has 0 fully saturated rings. The highest BCUT2D eigenvalue weighted by molar-refractivity contribution is 5.45. The van der Waals surface area contributed by atoms with Gasteiger partial charge in [-0.15, -0.1) is 0 Å². The summed E-state index contributed by atoms with van der Waals surface area (Å²) in [6.07, 6.45) is 1.17. The second kappa shape index (κ2) is 4.90. The average Bonchev–Trinajstić information content (AvgIpc) is 2.04. The van der Waals surface area contributed by atoms with Crippen molar-refractivity contribution in [3.8, 4) is 0 Å². The Labute approximate surface area is 81.2 Å². The van der Waals surface area contributed by atoms with Gasteiger partial charge in [0.15, 0.2) is 0 Å². The normalized spacial score (nSPS) is 10.5. The van der Waals surface area contributed by atoms with Crippen molar-refractivity contribution in [3.63, 3.8) is 0 Å². The molecule has 1 heteroatoms. The van der Waals surface area contributed by atoms with Gasteiger partial charge < -0.3 is 5.32 Å². The zero-order valence-electron chi connectivity index (χ0n) is 8.80. The summed E-state index contributed by atoms with van der Waals surface area (Å²) in [6.45, 7) is 7.61. The molecule has 0 spiro atoms. The first-order chi connectivity index (χ1) is 6.22. The Balaban J connectivity index is 2.67. The van der Waals surface area contributed by atoms with Crippen LogP contribution in [-0.2, 0) is 6.42 Å². The third kappa shape index (κ3) is 3.49. The number of benzene rings is 1. The molecule has 0 bridgehead atoms. The number of hydrogen-bond donors (Lipinski definition) is 1. The first kappa shape index (κ1) is 10.1. The molecule has 0 saturated carbocycles. The van der Waals surface area contributed by atoms with Crippen molar-refractivity contribution in [2.45, 2.75) is 27.2 Å². The Morgan fingerprint density at radius 1 is 1.31 bits per heavy atom. The molecule has 0 radical (unpaired) electrons. The molecule has 0 atom stereocenters. The van der Waals surface area contributed by atoms with Crippen LogP contribution in [0.25, 0.3) is 0 Å². The maximum absolute atomic E-state index is 3.32. The number of nitrogens with one attached hydrogen (secondary N) is 1. The summed E-state index contributed by atoms with van der Waals surface area (Å²) in [5.41, 5.74) is 2.66. The van der Waals surface area contributed by atoms with E-state index in [0.29, 0.717) is 0 Å². The topological polar surface area (TPSA) is 12.0 Å². The minimum Gasteiger partial charge on any atom is -0.385 e.